The summed E-state index contributed by atoms with van der Waals surface area (Å²) < 4.78 is 19.3. The zero-order valence-corrected chi connectivity index (χ0v) is 11.6. The Kier molecular flexibility index (Phi) is 4.02. The number of nitrogens with one attached hydrogen (secondary N) is 1. The van der Waals surface area contributed by atoms with Crippen LogP contribution >= 0.6 is 27.3 Å². The lowest BCUT2D eigenvalue weighted by Crippen LogP contribution is -1.99. The molecule has 1 N–H and O–H groups in total. The molecule has 2 nitrogen and oxygen atoms in total. The minimum absolute atomic E-state index is 0.307. The van der Waals surface area contributed by atoms with Crippen LogP contribution in [0.15, 0.2) is 33.4 Å². The van der Waals surface area contributed by atoms with Crippen LogP contribution in [0.5, 0.6) is 5.75 Å². The fourth-order valence-electron chi connectivity index (χ4n) is 1.43. The quantitative estimate of drug-likeness (QED) is 0.909. The van der Waals surface area contributed by atoms with Gasteiger partial charge in [-0.2, -0.15) is 0 Å². The molecule has 1 aromatic heterocycles. The monoisotopic (exact) mass is 315 g/mol. The van der Waals surface area contributed by atoms with Crippen LogP contribution < -0.4 is 10.1 Å². The van der Waals surface area contributed by atoms with Gasteiger partial charge >= 0.3 is 0 Å². The lowest BCUT2D eigenvalue weighted by atomic mass is 10.2. The Morgan fingerprint density at radius 3 is 2.82 bits per heavy atom. The topological polar surface area (TPSA) is 21.3 Å². The molecule has 0 amide bonds. The lowest BCUT2D eigenvalue weighted by molar-refractivity contribution is 0.411. The normalized spacial score (nSPS) is 10.3. The van der Waals surface area contributed by atoms with Crippen molar-refractivity contribution in [2.75, 3.05) is 12.4 Å². The predicted octanol–water partition coefficient (Wildman–Crippen LogP) is 4.27. The van der Waals surface area contributed by atoms with E-state index in [0.29, 0.717) is 18.0 Å². The Morgan fingerprint density at radius 1 is 1.35 bits per heavy atom. The zero-order valence-electron chi connectivity index (χ0n) is 9.17. The summed E-state index contributed by atoms with van der Waals surface area (Å²) in [4.78, 5) is 0. The first-order chi connectivity index (χ1) is 8.17. The van der Waals surface area contributed by atoms with Gasteiger partial charge in [0.25, 0.3) is 0 Å². The molecule has 1 heterocycles. The molecular formula is C12H11BrFNOS. The Balaban J connectivity index is 2.05. The number of rotatable bonds is 4. The number of benzene rings is 1. The van der Waals surface area contributed by atoms with E-state index in [2.05, 4.69) is 21.2 Å². The van der Waals surface area contributed by atoms with Crippen molar-refractivity contribution in [2.24, 2.45) is 0 Å². The maximum atomic E-state index is 13.2. The summed E-state index contributed by atoms with van der Waals surface area (Å²) in [5, 5.41) is 5.20. The van der Waals surface area contributed by atoms with Gasteiger partial charge in [0, 0.05) is 24.4 Å². The highest BCUT2D eigenvalue weighted by molar-refractivity contribution is 9.11. The van der Waals surface area contributed by atoms with Gasteiger partial charge in [0.15, 0.2) is 0 Å². The Morgan fingerprint density at radius 2 is 2.18 bits per heavy atom. The number of halogens is 2. The number of ether oxygens (including phenoxy) is 1. The number of thiophene rings is 1. The average Bonchev–Trinajstić information content (AvgIpc) is 2.72. The molecule has 0 radical (unpaired) electrons. The number of anilines is 1. The van der Waals surface area contributed by atoms with Gasteiger partial charge in [-0.1, -0.05) is 0 Å². The van der Waals surface area contributed by atoms with Gasteiger partial charge in [0.2, 0.25) is 0 Å². The Labute approximate surface area is 112 Å². The molecule has 0 saturated heterocycles. The molecule has 0 bridgehead atoms. The second-order valence-corrected chi connectivity index (χ2v) is 5.78. The van der Waals surface area contributed by atoms with Crippen molar-refractivity contribution in [3.8, 4) is 5.75 Å². The van der Waals surface area contributed by atoms with Gasteiger partial charge in [-0.3, -0.25) is 0 Å². The molecule has 2 aromatic rings. The van der Waals surface area contributed by atoms with Crippen molar-refractivity contribution < 1.29 is 9.13 Å². The van der Waals surface area contributed by atoms with Crippen LogP contribution in [0.25, 0.3) is 0 Å². The molecule has 5 heteroatoms. The Bertz CT molecular complexity index is 515. The first kappa shape index (κ1) is 12.4. The van der Waals surface area contributed by atoms with Crippen molar-refractivity contribution in [2.45, 2.75) is 6.54 Å². The summed E-state index contributed by atoms with van der Waals surface area (Å²) in [5.74, 6) is 0.206. The van der Waals surface area contributed by atoms with Crippen LogP contribution in [-0.4, -0.2) is 7.11 Å². The molecular weight excluding hydrogens is 305 g/mol. The first-order valence-corrected chi connectivity index (χ1v) is 6.66. The molecule has 0 fully saturated rings. The molecule has 2 rings (SSSR count). The van der Waals surface area contributed by atoms with Gasteiger partial charge in [-0.05, 0) is 39.0 Å². The van der Waals surface area contributed by atoms with Crippen LogP contribution in [0.2, 0.25) is 0 Å². The van der Waals surface area contributed by atoms with E-state index in [9.17, 15) is 4.39 Å². The fraction of sp³-hybridized carbons (Fsp3) is 0.167. The molecule has 1 aromatic carbocycles. The molecule has 0 aliphatic carbocycles. The second-order valence-electron chi connectivity index (χ2n) is 3.49. The van der Waals surface area contributed by atoms with Crippen molar-refractivity contribution in [1.82, 2.24) is 0 Å². The number of hydrogen-bond donors (Lipinski definition) is 1. The maximum Gasteiger partial charge on any atom is 0.128 e. The first-order valence-electron chi connectivity index (χ1n) is 4.99. The third-order valence-corrected chi connectivity index (χ3v) is 3.78. The summed E-state index contributed by atoms with van der Waals surface area (Å²) in [6.07, 6.45) is 0. The third kappa shape index (κ3) is 3.44. The van der Waals surface area contributed by atoms with Crippen molar-refractivity contribution in [3.63, 3.8) is 0 Å². The summed E-state index contributed by atoms with van der Waals surface area (Å²) in [7, 11) is 1.52. The number of methoxy groups -OCH3 is 1. The molecule has 0 unspecified atom stereocenters. The fourth-order valence-corrected chi connectivity index (χ4v) is 2.63. The second kappa shape index (κ2) is 5.51. The van der Waals surface area contributed by atoms with Crippen LogP contribution in [0.4, 0.5) is 10.1 Å². The maximum absolute atomic E-state index is 13.2. The summed E-state index contributed by atoms with van der Waals surface area (Å²) in [5.41, 5.74) is 1.87. The molecule has 0 aliphatic heterocycles. The third-order valence-electron chi connectivity index (χ3n) is 2.23. The summed E-state index contributed by atoms with van der Waals surface area (Å²) >= 11 is 5.03. The number of hydrogen-bond acceptors (Lipinski definition) is 3. The van der Waals surface area contributed by atoms with E-state index in [0.717, 1.165) is 9.35 Å². The highest BCUT2D eigenvalue weighted by atomic mass is 79.9. The predicted molar refractivity (Wildman–Crippen MR) is 72.3 cm³/mol. The summed E-state index contributed by atoms with van der Waals surface area (Å²) in [6, 6.07) is 6.61. The minimum atomic E-state index is -0.307. The minimum Gasteiger partial charge on any atom is -0.497 e. The largest absolute Gasteiger partial charge is 0.497 e. The highest BCUT2D eigenvalue weighted by Crippen LogP contribution is 2.23. The van der Waals surface area contributed by atoms with Crippen LogP contribution in [0, 0.1) is 5.82 Å². The van der Waals surface area contributed by atoms with E-state index in [1.807, 2.05) is 11.4 Å². The standard InChI is InChI=1S/C12H11BrFNOS/c1-16-11-4-9(14)3-10(5-11)15-6-8-2-12(13)17-7-8/h2-5,7,15H,6H2,1H3. The zero-order chi connectivity index (χ0) is 12.3. The lowest BCUT2D eigenvalue weighted by Gasteiger charge is -2.07. The molecule has 0 aliphatic rings. The van der Waals surface area contributed by atoms with E-state index in [4.69, 9.17) is 4.74 Å². The van der Waals surface area contributed by atoms with Crippen LogP contribution in [0.1, 0.15) is 5.56 Å². The van der Waals surface area contributed by atoms with E-state index in [1.54, 1.807) is 17.4 Å². The van der Waals surface area contributed by atoms with Gasteiger partial charge in [-0.25, -0.2) is 4.39 Å². The van der Waals surface area contributed by atoms with E-state index in [1.165, 1.54) is 19.2 Å². The van der Waals surface area contributed by atoms with Gasteiger partial charge < -0.3 is 10.1 Å². The molecule has 0 saturated carbocycles. The van der Waals surface area contributed by atoms with Gasteiger partial charge in [0.05, 0.1) is 10.9 Å². The van der Waals surface area contributed by atoms with E-state index >= 15 is 0 Å². The van der Waals surface area contributed by atoms with E-state index < -0.39 is 0 Å². The highest BCUT2D eigenvalue weighted by Gasteiger charge is 2.02. The average molecular weight is 316 g/mol. The summed E-state index contributed by atoms with van der Waals surface area (Å²) in [6.45, 7) is 0.661. The van der Waals surface area contributed by atoms with Crippen LogP contribution in [0.3, 0.4) is 0 Å². The van der Waals surface area contributed by atoms with Gasteiger partial charge in [-0.15, -0.1) is 11.3 Å². The van der Waals surface area contributed by atoms with Crippen molar-refractivity contribution in [1.29, 1.82) is 0 Å². The van der Waals surface area contributed by atoms with E-state index in [-0.39, 0.29) is 5.82 Å². The SMILES string of the molecule is COc1cc(F)cc(NCc2csc(Br)c2)c1. The molecule has 0 spiro atoms. The molecule has 90 valence electrons. The molecule has 17 heavy (non-hydrogen) atoms. The van der Waals surface area contributed by atoms with Crippen molar-refractivity contribution >= 4 is 33.0 Å². The van der Waals surface area contributed by atoms with Gasteiger partial charge in [0.1, 0.15) is 11.6 Å². The van der Waals surface area contributed by atoms with Crippen LogP contribution in [-0.2, 0) is 6.54 Å². The Hall–Kier alpha value is -1.07. The van der Waals surface area contributed by atoms with Crippen molar-refractivity contribution in [3.05, 3.63) is 44.8 Å². The smallest absolute Gasteiger partial charge is 0.128 e. The molecule has 0 atom stereocenters.